The van der Waals surface area contributed by atoms with Crippen molar-refractivity contribution in [2.24, 2.45) is 11.8 Å². The lowest BCUT2D eigenvalue weighted by Crippen LogP contribution is -2.52. The summed E-state index contributed by atoms with van der Waals surface area (Å²) in [7, 11) is 0. The minimum atomic E-state index is -0.604. The predicted octanol–water partition coefficient (Wildman–Crippen LogP) is 7.06. The number of imide groups is 1. The fourth-order valence-corrected chi connectivity index (χ4v) is 10.5. The average Bonchev–Trinajstić information content (AvgIpc) is 3.56. The van der Waals surface area contributed by atoms with Gasteiger partial charge in [-0.15, -0.1) is 0 Å². The van der Waals surface area contributed by atoms with E-state index in [9.17, 15) is 19.5 Å². The Morgan fingerprint density at radius 2 is 1.54 bits per heavy atom. The quantitative estimate of drug-likeness (QED) is 0.158. The molecule has 3 fully saturated rings. The van der Waals surface area contributed by atoms with Crippen LogP contribution in [0.1, 0.15) is 95.0 Å². The molecule has 0 spiro atoms. The van der Waals surface area contributed by atoms with E-state index in [4.69, 9.17) is 0 Å². The first-order chi connectivity index (χ1) is 27.4. The maximum Gasteiger partial charge on any atom is 0.255 e. The Morgan fingerprint density at radius 1 is 0.750 bits per heavy atom. The van der Waals surface area contributed by atoms with Gasteiger partial charge < -0.3 is 20.2 Å². The first-order valence-electron chi connectivity index (χ1n) is 20.8. The van der Waals surface area contributed by atoms with Crippen LogP contribution in [0.2, 0.25) is 0 Å². The summed E-state index contributed by atoms with van der Waals surface area (Å²) in [4.78, 5) is 44.6. The number of carbonyl (C=O) groups is 3. The van der Waals surface area contributed by atoms with Crippen LogP contribution >= 0.6 is 0 Å². The monoisotopic (exact) mass is 751 g/mol. The maximum absolute atomic E-state index is 13.4. The van der Waals surface area contributed by atoms with Crippen molar-refractivity contribution in [1.29, 1.82) is 0 Å². The Balaban J connectivity index is 0.815. The molecule has 9 nitrogen and oxygen atoms in total. The molecule has 0 radical (unpaired) electrons. The summed E-state index contributed by atoms with van der Waals surface area (Å²) in [6.07, 6.45) is 7.65. The Bertz CT molecular complexity index is 2080. The van der Waals surface area contributed by atoms with Crippen LogP contribution in [0.5, 0.6) is 5.75 Å². The zero-order valence-electron chi connectivity index (χ0n) is 32.2. The van der Waals surface area contributed by atoms with Gasteiger partial charge in [-0.25, -0.2) is 0 Å². The van der Waals surface area contributed by atoms with Crippen molar-refractivity contribution >= 4 is 29.1 Å². The van der Waals surface area contributed by atoms with Crippen LogP contribution < -0.4 is 15.5 Å². The topological polar surface area (TPSA) is 105 Å². The van der Waals surface area contributed by atoms with Gasteiger partial charge in [-0.1, -0.05) is 67.4 Å². The van der Waals surface area contributed by atoms with Crippen LogP contribution in [0, 0.1) is 11.8 Å². The summed E-state index contributed by atoms with van der Waals surface area (Å²) >= 11 is 0. The largest absolute Gasteiger partial charge is 0.508 e. The summed E-state index contributed by atoms with van der Waals surface area (Å²) < 4.78 is 0. The fraction of sp³-hybridized carbons (Fsp3) is 0.426. The second-order valence-electron chi connectivity index (χ2n) is 16.7. The molecule has 3 aliphatic heterocycles. The minimum absolute atomic E-state index is 0.127. The highest BCUT2D eigenvalue weighted by atomic mass is 16.3. The Kier molecular flexibility index (Phi) is 10.3. The first kappa shape index (κ1) is 36.5. The highest BCUT2D eigenvalue weighted by Gasteiger charge is 2.40. The number of hydrogen-bond donors (Lipinski definition) is 3. The average molecular weight is 752 g/mol. The van der Waals surface area contributed by atoms with Gasteiger partial charge in [-0.05, 0) is 109 Å². The van der Waals surface area contributed by atoms with E-state index in [1.54, 1.807) is 4.90 Å². The molecule has 9 heteroatoms. The van der Waals surface area contributed by atoms with E-state index in [1.165, 1.54) is 53.6 Å². The fourth-order valence-electron chi connectivity index (χ4n) is 10.5. The molecule has 3 N–H and O–H groups in total. The van der Waals surface area contributed by atoms with Crippen molar-refractivity contribution in [1.82, 2.24) is 15.1 Å². The van der Waals surface area contributed by atoms with Crippen molar-refractivity contribution in [3.63, 3.8) is 0 Å². The molecule has 9 rings (SSSR count). The minimum Gasteiger partial charge on any atom is -0.508 e. The standard InChI is InChI=1S/C47H53N5O4/c53-37-18-20-39-33(27-37)15-19-38(31-7-2-1-3-8-31)45(39)32-13-16-36(17-14-32)51-25-23-50(24-26-51)29-35-10-5-4-9-34(35)28-48-42-12-6-11-40-41(42)30-52(47(40)56)43-21-22-44(54)49-46(43)55/h1-3,6-8,11-14,16-18,20,27,34-35,38,43,45,48,53H,4-5,9-10,15,19,21-26,28-30H2,(H,49,54,55)/t34-,35-,38-,43?,45+/m1/s1. The number of piperazine rings is 1. The van der Waals surface area contributed by atoms with Crippen LogP contribution in [0.15, 0.2) is 91.0 Å². The second kappa shape index (κ2) is 15.8. The molecule has 290 valence electrons. The number of phenols is 1. The molecule has 5 aliphatic rings. The molecule has 2 aliphatic carbocycles. The molecular weight excluding hydrogens is 699 g/mol. The lowest BCUT2D eigenvalue weighted by Gasteiger charge is -2.40. The second-order valence-corrected chi connectivity index (χ2v) is 16.7. The SMILES string of the molecule is O=C1CCC(N2Cc3c(NC[C@H]4CCCC[C@@H]4CN4CCN(c5ccc([C@@H]6c7ccc(O)cc7CC[C@@H]6c6ccccc6)cc5)CC4)cccc3C2=O)C(=O)N1. The van der Waals surface area contributed by atoms with E-state index >= 15 is 0 Å². The molecular formula is C47H53N5O4. The van der Waals surface area contributed by atoms with Crippen LogP contribution in [-0.2, 0) is 22.6 Å². The molecule has 56 heavy (non-hydrogen) atoms. The van der Waals surface area contributed by atoms with Crippen LogP contribution in [0.25, 0.3) is 0 Å². The van der Waals surface area contributed by atoms with Crippen LogP contribution in [0.3, 0.4) is 0 Å². The van der Waals surface area contributed by atoms with Crippen molar-refractivity contribution in [2.75, 3.05) is 49.5 Å². The molecule has 1 unspecified atom stereocenters. The van der Waals surface area contributed by atoms with E-state index < -0.39 is 6.04 Å². The Hall–Kier alpha value is -5.15. The van der Waals surface area contributed by atoms with Gasteiger partial charge in [-0.3, -0.25) is 24.6 Å². The van der Waals surface area contributed by atoms with Gasteiger partial charge in [0.05, 0.1) is 0 Å². The van der Waals surface area contributed by atoms with Gasteiger partial charge in [0.2, 0.25) is 11.8 Å². The molecule has 3 heterocycles. The first-order valence-corrected chi connectivity index (χ1v) is 20.8. The van der Waals surface area contributed by atoms with Crippen LogP contribution in [-0.4, -0.2) is 77.9 Å². The number of amides is 3. The summed E-state index contributed by atoms with van der Waals surface area (Å²) in [5.41, 5.74) is 9.20. The number of nitrogens with zero attached hydrogens (tertiary/aromatic N) is 3. The lowest BCUT2D eigenvalue weighted by atomic mass is 9.69. The number of aromatic hydroxyl groups is 1. The molecule has 4 aromatic rings. The van der Waals surface area contributed by atoms with E-state index in [-0.39, 0.29) is 30.1 Å². The summed E-state index contributed by atoms with van der Waals surface area (Å²) in [5.74, 6) is 1.41. The normalized spacial score (nSPS) is 25.4. The number of benzene rings is 4. The zero-order chi connectivity index (χ0) is 38.2. The number of nitrogens with one attached hydrogen (secondary N) is 2. The predicted molar refractivity (Wildman–Crippen MR) is 219 cm³/mol. The molecule has 3 amide bonds. The number of fused-ring (bicyclic) bond motifs is 2. The van der Waals surface area contributed by atoms with Crippen LogP contribution in [0.4, 0.5) is 11.4 Å². The van der Waals surface area contributed by atoms with Gasteiger partial charge >= 0.3 is 0 Å². The molecule has 5 atom stereocenters. The molecule has 4 aromatic carbocycles. The summed E-state index contributed by atoms with van der Waals surface area (Å²) in [6.45, 7) is 6.51. The van der Waals surface area contributed by atoms with Gasteiger partial charge in [0, 0.05) is 80.7 Å². The number of rotatable bonds is 9. The molecule has 1 saturated carbocycles. The van der Waals surface area contributed by atoms with Gasteiger partial charge in [-0.2, -0.15) is 0 Å². The number of anilines is 2. The van der Waals surface area contributed by atoms with Crippen molar-refractivity contribution in [2.45, 2.75) is 75.8 Å². The van der Waals surface area contributed by atoms with Crippen molar-refractivity contribution in [3.8, 4) is 5.75 Å². The summed E-state index contributed by atoms with van der Waals surface area (Å²) in [6, 6.07) is 31.4. The summed E-state index contributed by atoms with van der Waals surface area (Å²) in [5, 5.41) is 16.4. The zero-order valence-corrected chi connectivity index (χ0v) is 32.2. The highest BCUT2D eigenvalue weighted by molar-refractivity contribution is 6.06. The van der Waals surface area contributed by atoms with E-state index in [0.717, 1.165) is 63.4 Å². The number of piperidine rings is 1. The van der Waals surface area contributed by atoms with E-state index in [2.05, 4.69) is 87.2 Å². The third kappa shape index (κ3) is 7.29. The van der Waals surface area contributed by atoms with E-state index in [1.807, 2.05) is 24.3 Å². The third-order valence-electron chi connectivity index (χ3n) is 13.5. The highest BCUT2D eigenvalue weighted by Crippen LogP contribution is 2.47. The smallest absolute Gasteiger partial charge is 0.255 e. The molecule has 0 aromatic heterocycles. The number of hydrogen-bond acceptors (Lipinski definition) is 7. The van der Waals surface area contributed by atoms with Gasteiger partial charge in [0.15, 0.2) is 0 Å². The van der Waals surface area contributed by atoms with Gasteiger partial charge in [0.25, 0.3) is 5.91 Å². The molecule has 2 saturated heterocycles. The van der Waals surface area contributed by atoms with Crippen molar-refractivity contribution in [3.05, 3.63) is 124 Å². The number of phenolic OH excluding ortho intramolecular Hbond substituents is 1. The third-order valence-corrected chi connectivity index (χ3v) is 13.5. The van der Waals surface area contributed by atoms with Gasteiger partial charge in [0.1, 0.15) is 11.8 Å². The lowest BCUT2D eigenvalue weighted by molar-refractivity contribution is -0.136. The Morgan fingerprint density at radius 3 is 2.32 bits per heavy atom. The van der Waals surface area contributed by atoms with Crippen molar-refractivity contribution < 1.29 is 19.5 Å². The number of aryl methyl sites for hydroxylation is 1. The van der Waals surface area contributed by atoms with E-state index in [0.29, 0.717) is 42.0 Å². The number of carbonyl (C=O) groups excluding carboxylic acids is 3. The maximum atomic E-state index is 13.4. The molecule has 0 bridgehead atoms. The Labute approximate surface area is 330 Å².